The first-order chi connectivity index (χ1) is 13.2. The van der Waals surface area contributed by atoms with E-state index in [0.29, 0.717) is 4.47 Å². The van der Waals surface area contributed by atoms with E-state index in [9.17, 15) is 27.0 Å². The molecule has 11 heteroatoms. The summed E-state index contributed by atoms with van der Waals surface area (Å²) in [7, 11) is -3.70. The van der Waals surface area contributed by atoms with Gasteiger partial charge in [-0.05, 0) is 57.9 Å². The van der Waals surface area contributed by atoms with E-state index in [2.05, 4.69) is 20.3 Å². The van der Waals surface area contributed by atoms with Crippen molar-refractivity contribution in [2.45, 2.75) is 55.5 Å². The Morgan fingerprint density at radius 3 is 2.10 bits per heavy atom. The summed E-state index contributed by atoms with van der Waals surface area (Å²) in [6.07, 6.45) is -5.50. The standard InChI is InChI=1S/C18H22BrF3N2O4S/c1-17(2,3)28-16(26)24-10-8-14(9-11-24)29(27,23-15(25)18(20,21)22)13-6-4-12(19)5-7-13/h4-7,14H,8-11H2,1-3H3. The molecule has 0 aromatic heterocycles. The van der Waals surface area contributed by atoms with Crippen LogP contribution in [-0.4, -0.2) is 51.2 Å². The van der Waals surface area contributed by atoms with E-state index in [1.54, 1.807) is 20.8 Å². The average Bonchev–Trinajstić information content (AvgIpc) is 2.60. The number of halogens is 4. The zero-order valence-electron chi connectivity index (χ0n) is 16.2. The molecule has 162 valence electrons. The Labute approximate surface area is 176 Å². The predicted octanol–water partition coefficient (Wildman–Crippen LogP) is 4.76. The fourth-order valence-electron chi connectivity index (χ4n) is 2.81. The summed E-state index contributed by atoms with van der Waals surface area (Å²) in [5.41, 5.74) is -0.687. The number of ether oxygens (including phenoxy) is 1. The second kappa shape index (κ2) is 8.63. The van der Waals surface area contributed by atoms with Gasteiger partial charge in [0, 0.05) is 22.5 Å². The third-order valence-corrected chi connectivity index (χ3v) is 7.45. The summed E-state index contributed by atoms with van der Waals surface area (Å²) in [5.74, 6) is -2.38. The monoisotopic (exact) mass is 498 g/mol. The maximum atomic E-state index is 13.6. The lowest BCUT2D eigenvalue weighted by Crippen LogP contribution is -2.44. The van der Waals surface area contributed by atoms with Crippen LogP contribution in [0.3, 0.4) is 0 Å². The summed E-state index contributed by atoms with van der Waals surface area (Å²) in [4.78, 5) is 25.2. The number of alkyl halides is 3. The lowest BCUT2D eigenvalue weighted by Gasteiger charge is -2.34. The van der Waals surface area contributed by atoms with Gasteiger partial charge in [0.15, 0.2) is 0 Å². The molecule has 1 aromatic carbocycles. The molecule has 0 bridgehead atoms. The number of rotatable bonds is 2. The molecule has 29 heavy (non-hydrogen) atoms. The SMILES string of the molecule is CC(C)(C)OC(=O)N1CCC(S(=O)(=NC(=O)C(F)(F)F)c2ccc(Br)cc2)CC1. The Balaban J connectivity index is 2.31. The minimum atomic E-state index is -5.21. The maximum Gasteiger partial charge on any atom is 0.474 e. The van der Waals surface area contributed by atoms with Gasteiger partial charge in [0.2, 0.25) is 0 Å². The van der Waals surface area contributed by atoms with E-state index >= 15 is 0 Å². The molecule has 1 atom stereocenters. The highest BCUT2D eigenvalue weighted by Crippen LogP contribution is 2.30. The number of carbonyl (C=O) groups is 2. The van der Waals surface area contributed by atoms with Gasteiger partial charge in [-0.15, -0.1) is 4.36 Å². The molecule has 0 N–H and O–H groups in total. The van der Waals surface area contributed by atoms with Gasteiger partial charge in [0.1, 0.15) is 5.60 Å². The Morgan fingerprint density at radius 2 is 1.66 bits per heavy atom. The molecule has 1 aliphatic rings. The van der Waals surface area contributed by atoms with Crippen molar-refractivity contribution in [2.24, 2.45) is 4.36 Å². The van der Waals surface area contributed by atoms with Crippen molar-refractivity contribution in [2.75, 3.05) is 13.1 Å². The van der Waals surface area contributed by atoms with Crippen LogP contribution < -0.4 is 0 Å². The second-order valence-corrected chi connectivity index (χ2v) is 11.0. The van der Waals surface area contributed by atoms with Crippen LogP contribution in [0.2, 0.25) is 0 Å². The van der Waals surface area contributed by atoms with Crippen molar-refractivity contribution in [3.8, 4) is 0 Å². The van der Waals surface area contributed by atoms with Gasteiger partial charge in [-0.2, -0.15) is 13.2 Å². The van der Waals surface area contributed by atoms with E-state index in [1.807, 2.05) is 0 Å². The van der Waals surface area contributed by atoms with E-state index < -0.39 is 38.8 Å². The third-order valence-electron chi connectivity index (χ3n) is 4.16. The van der Waals surface area contributed by atoms with E-state index in [1.165, 1.54) is 29.2 Å². The van der Waals surface area contributed by atoms with Crippen LogP contribution >= 0.6 is 15.9 Å². The van der Waals surface area contributed by atoms with Gasteiger partial charge in [-0.3, -0.25) is 4.79 Å². The van der Waals surface area contributed by atoms with E-state index in [0.717, 1.165) is 0 Å². The van der Waals surface area contributed by atoms with Crippen LogP contribution in [0, 0.1) is 0 Å². The molecule has 1 aromatic rings. The quantitative estimate of drug-likeness (QED) is 0.588. The molecule has 6 nitrogen and oxygen atoms in total. The number of piperidine rings is 1. The van der Waals surface area contributed by atoms with Crippen molar-refractivity contribution < 1.29 is 31.7 Å². The number of hydrogen-bond acceptors (Lipinski definition) is 4. The topological polar surface area (TPSA) is 76.0 Å². The van der Waals surface area contributed by atoms with Crippen molar-refractivity contribution in [1.29, 1.82) is 0 Å². The highest BCUT2D eigenvalue weighted by molar-refractivity contribution is 9.10. The smallest absolute Gasteiger partial charge is 0.444 e. The van der Waals surface area contributed by atoms with Gasteiger partial charge >= 0.3 is 18.2 Å². The fraction of sp³-hybridized carbons (Fsp3) is 0.556. The molecule has 0 aliphatic carbocycles. The van der Waals surface area contributed by atoms with Crippen LogP contribution in [-0.2, 0) is 19.3 Å². The third kappa shape index (κ3) is 6.18. The highest BCUT2D eigenvalue weighted by Gasteiger charge is 2.42. The minimum absolute atomic E-state index is 0.0500. The van der Waals surface area contributed by atoms with Crippen LogP contribution in [0.15, 0.2) is 38.0 Å². The number of likely N-dealkylation sites (tertiary alicyclic amines) is 1. The van der Waals surface area contributed by atoms with Gasteiger partial charge in [-0.1, -0.05) is 15.9 Å². The lowest BCUT2D eigenvalue weighted by atomic mass is 10.1. The van der Waals surface area contributed by atoms with E-state index in [4.69, 9.17) is 4.74 Å². The minimum Gasteiger partial charge on any atom is -0.444 e. The highest BCUT2D eigenvalue weighted by atomic mass is 79.9. The summed E-state index contributed by atoms with van der Waals surface area (Å²) in [6, 6.07) is 5.83. The number of amides is 2. The summed E-state index contributed by atoms with van der Waals surface area (Å²) >= 11 is 3.21. The van der Waals surface area contributed by atoms with Gasteiger partial charge in [0.05, 0.1) is 15.0 Å². The Bertz CT molecular complexity index is 880. The maximum absolute atomic E-state index is 13.6. The lowest BCUT2D eigenvalue weighted by molar-refractivity contribution is -0.169. The number of benzene rings is 1. The molecule has 1 heterocycles. The first-order valence-electron chi connectivity index (χ1n) is 8.83. The zero-order valence-corrected chi connectivity index (χ0v) is 18.6. The molecular formula is C18H22BrF3N2O4S. The Kier molecular flexibility index (Phi) is 7.04. The van der Waals surface area contributed by atoms with Crippen LogP contribution in [0.1, 0.15) is 33.6 Å². The fourth-order valence-corrected chi connectivity index (χ4v) is 5.44. The van der Waals surface area contributed by atoms with E-state index in [-0.39, 0.29) is 30.8 Å². The predicted molar refractivity (Wildman–Crippen MR) is 105 cm³/mol. The number of nitrogens with zero attached hydrogens (tertiary/aromatic N) is 2. The number of carbonyl (C=O) groups excluding carboxylic acids is 2. The molecule has 0 radical (unpaired) electrons. The molecule has 1 unspecified atom stereocenters. The Hall–Kier alpha value is -1.62. The van der Waals surface area contributed by atoms with Gasteiger partial charge in [0.25, 0.3) is 0 Å². The van der Waals surface area contributed by atoms with Gasteiger partial charge < -0.3 is 9.64 Å². The molecule has 2 amide bonds. The van der Waals surface area contributed by atoms with Crippen molar-refractivity contribution in [1.82, 2.24) is 4.90 Å². The van der Waals surface area contributed by atoms with Crippen LogP contribution in [0.25, 0.3) is 0 Å². The first-order valence-corrected chi connectivity index (χ1v) is 11.2. The van der Waals surface area contributed by atoms with Crippen molar-refractivity contribution in [3.05, 3.63) is 28.7 Å². The van der Waals surface area contributed by atoms with Crippen LogP contribution in [0.4, 0.5) is 18.0 Å². The molecule has 2 rings (SSSR count). The Morgan fingerprint density at radius 1 is 1.14 bits per heavy atom. The summed E-state index contributed by atoms with van der Waals surface area (Å²) in [6.45, 7) is 5.45. The largest absolute Gasteiger partial charge is 0.474 e. The van der Waals surface area contributed by atoms with Crippen molar-refractivity contribution >= 4 is 37.7 Å². The average molecular weight is 499 g/mol. The number of hydrogen-bond donors (Lipinski definition) is 0. The zero-order chi connectivity index (χ0) is 22.0. The summed E-state index contributed by atoms with van der Waals surface area (Å²) < 4.78 is 61.1. The van der Waals surface area contributed by atoms with Crippen LogP contribution in [0.5, 0.6) is 0 Å². The second-order valence-electron chi connectivity index (χ2n) is 7.58. The van der Waals surface area contributed by atoms with Crippen molar-refractivity contribution in [3.63, 3.8) is 0 Å². The summed E-state index contributed by atoms with van der Waals surface area (Å²) in [5, 5.41) is -0.811. The van der Waals surface area contributed by atoms with Gasteiger partial charge in [-0.25, -0.2) is 9.00 Å². The normalized spacial score (nSPS) is 18.1. The molecule has 0 spiro atoms. The molecule has 1 saturated heterocycles. The first kappa shape index (κ1) is 23.7. The molecule has 1 fully saturated rings. The molecule has 0 saturated carbocycles. The molecular weight excluding hydrogens is 477 g/mol. The molecule has 1 aliphatic heterocycles.